The lowest BCUT2D eigenvalue weighted by Crippen LogP contribution is -2.36. The molecule has 0 aromatic heterocycles. The van der Waals surface area contributed by atoms with Gasteiger partial charge in [-0.3, -0.25) is 10.9 Å². The molecule has 2 N–H and O–H groups in total. The van der Waals surface area contributed by atoms with Crippen LogP contribution in [-0.2, 0) is 14.8 Å². The van der Waals surface area contributed by atoms with Gasteiger partial charge in [0.15, 0.2) is 0 Å². The van der Waals surface area contributed by atoms with E-state index in [4.69, 9.17) is 4.74 Å². The van der Waals surface area contributed by atoms with Gasteiger partial charge in [0.25, 0.3) is 0 Å². The van der Waals surface area contributed by atoms with Gasteiger partial charge in [0, 0.05) is 32.3 Å². The van der Waals surface area contributed by atoms with E-state index < -0.39 is 10.0 Å². The fraction of sp³-hybridized carbons (Fsp3) is 0.714. The predicted molar refractivity (Wildman–Crippen MR) is 112 cm³/mol. The number of hydrogen-bond acceptors (Lipinski definition) is 5. The fourth-order valence-corrected chi connectivity index (χ4v) is 5.49. The Morgan fingerprint density at radius 2 is 2.07 bits per heavy atom. The zero-order valence-electron chi connectivity index (χ0n) is 17.3. The minimum absolute atomic E-state index is 0.0998. The van der Waals surface area contributed by atoms with Crippen LogP contribution in [0.2, 0.25) is 0 Å². The van der Waals surface area contributed by atoms with Gasteiger partial charge in [-0.15, -0.1) is 0 Å². The molecule has 1 aromatic rings. The Morgan fingerprint density at radius 3 is 2.83 bits per heavy atom. The maximum Gasteiger partial charge on any atom is 0.216 e. The summed E-state index contributed by atoms with van der Waals surface area (Å²) in [5.41, 5.74) is 7.52. The number of ether oxygens (including phenoxy) is 1. The highest BCUT2D eigenvalue weighted by molar-refractivity contribution is 7.89. The van der Waals surface area contributed by atoms with Crippen LogP contribution < -0.4 is 10.9 Å². The summed E-state index contributed by atoms with van der Waals surface area (Å²) in [5, 5.41) is 0. The summed E-state index contributed by atoms with van der Waals surface area (Å²) < 4.78 is 45.4. The number of halogens is 1. The van der Waals surface area contributed by atoms with Crippen LogP contribution in [0.5, 0.6) is 0 Å². The predicted octanol–water partition coefficient (Wildman–Crippen LogP) is 3.12. The number of hydrazine groups is 1. The van der Waals surface area contributed by atoms with E-state index in [1.54, 1.807) is 19.2 Å². The summed E-state index contributed by atoms with van der Waals surface area (Å²) in [6.07, 6.45) is 7.60. The Kier molecular flexibility index (Phi) is 8.44. The Bertz CT molecular complexity index is 740. The first-order chi connectivity index (χ1) is 13.9. The van der Waals surface area contributed by atoms with E-state index in [0.29, 0.717) is 19.2 Å². The lowest BCUT2D eigenvalue weighted by Gasteiger charge is -2.25. The normalized spacial score (nSPS) is 25.6. The van der Waals surface area contributed by atoms with Crippen molar-refractivity contribution >= 4 is 10.0 Å². The van der Waals surface area contributed by atoms with E-state index in [2.05, 4.69) is 10.9 Å². The number of sulfonamides is 1. The van der Waals surface area contributed by atoms with E-state index in [1.807, 2.05) is 6.07 Å². The van der Waals surface area contributed by atoms with Crippen molar-refractivity contribution in [1.29, 1.82) is 0 Å². The minimum Gasteiger partial charge on any atom is -0.377 e. The highest BCUT2D eigenvalue weighted by Crippen LogP contribution is 2.25. The first-order valence-electron chi connectivity index (χ1n) is 10.8. The van der Waals surface area contributed by atoms with Gasteiger partial charge in [-0.2, -0.15) is 0 Å². The molecule has 164 valence electrons. The molecule has 0 spiro atoms. The van der Waals surface area contributed by atoms with Crippen LogP contribution in [0.3, 0.4) is 0 Å². The first-order valence-corrected chi connectivity index (χ1v) is 12.4. The van der Waals surface area contributed by atoms with Gasteiger partial charge in [-0.05, 0) is 56.2 Å². The monoisotopic (exact) mass is 427 g/mol. The average Bonchev–Trinajstić information content (AvgIpc) is 3.17. The topological polar surface area (TPSA) is 70.7 Å². The molecule has 0 saturated carbocycles. The minimum atomic E-state index is -3.25. The Labute approximate surface area is 174 Å². The third-order valence-corrected chi connectivity index (χ3v) is 7.83. The lowest BCUT2D eigenvalue weighted by atomic mass is 9.99. The van der Waals surface area contributed by atoms with Gasteiger partial charge in [0.05, 0.1) is 11.9 Å². The zero-order valence-corrected chi connectivity index (χ0v) is 18.1. The lowest BCUT2D eigenvalue weighted by molar-refractivity contribution is 0.0299. The number of rotatable bonds is 10. The van der Waals surface area contributed by atoms with Crippen LogP contribution in [0.4, 0.5) is 4.39 Å². The van der Waals surface area contributed by atoms with E-state index >= 15 is 0 Å². The van der Waals surface area contributed by atoms with Crippen molar-refractivity contribution < 1.29 is 17.5 Å². The number of benzene rings is 1. The van der Waals surface area contributed by atoms with Gasteiger partial charge in [0.2, 0.25) is 10.0 Å². The Morgan fingerprint density at radius 1 is 1.21 bits per heavy atom. The van der Waals surface area contributed by atoms with Crippen molar-refractivity contribution in [3.05, 3.63) is 35.6 Å². The molecule has 2 fully saturated rings. The summed E-state index contributed by atoms with van der Waals surface area (Å²) in [6.45, 7) is 1.23. The van der Waals surface area contributed by atoms with Crippen LogP contribution in [0.25, 0.3) is 0 Å². The van der Waals surface area contributed by atoms with Crippen molar-refractivity contribution in [3.63, 3.8) is 0 Å². The first kappa shape index (κ1) is 22.6. The molecule has 2 aliphatic rings. The second kappa shape index (κ2) is 10.8. The molecule has 0 bridgehead atoms. The number of nitrogens with zero attached hydrogens (tertiary/aromatic N) is 1. The molecule has 3 unspecified atom stereocenters. The van der Waals surface area contributed by atoms with Crippen LogP contribution in [0, 0.1) is 5.82 Å². The molecule has 0 radical (unpaired) electrons. The molecule has 6 nitrogen and oxygen atoms in total. The van der Waals surface area contributed by atoms with Crippen LogP contribution in [0.15, 0.2) is 24.3 Å². The summed E-state index contributed by atoms with van der Waals surface area (Å²) in [5.74, 6) is -0.107. The molecule has 2 heterocycles. The largest absolute Gasteiger partial charge is 0.377 e. The second-order valence-electron chi connectivity index (χ2n) is 8.27. The van der Waals surface area contributed by atoms with Gasteiger partial charge in [-0.25, -0.2) is 17.1 Å². The maximum atomic E-state index is 13.4. The molecular formula is C21H34FN3O3S. The van der Waals surface area contributed by atoms with Crippen molar-refractivity contribution in [2.24, 2.45) is 0 Å². The number of nitrogens with one attached hydrogen (secondary N) is 2. The highest BCUT2D eigenvalue weighted by Gasteiger charge is 2.26. The number of unbranched alkanes of at least 4 members (excludes halogenated alkanes) is 2. The molecule has 8 heteroatoms. The number of hydrogen-bond donors (Lipinski definition) is 2. The van der Waals surface area contributed by atoms with Gasteiger partial charge in [-0.1, -0.05) is 25.0 Å². The highest BCUT2D eigenvalue weighted by atomic mass is 32.2. The third-order valence-electron chi connectivity index (χ3n) is 5.90. The van der Waals surface area contributed by atoms with Crippen LogP contribution in [0.1, 0.15) is 63.0 Å². The Balaban J connectivity index is 1.30. The summed E-state index contributed by atoms with van der Waals surface area (Å²) in [4.78, 5) is 0. The SMILES string of the molecule is CN(CCCCCC1CC(c2cccc(F)c2)NN1)S(=O)(=O)CC1CCCCO1. The summed E-state index contributed by atoms with van der Waals surface area (Å²) >= 11 is 0. The van der Waals surface area contributed by atoms with Gasteiger partial charge < -0.3 is 4.74 Å². The smallest absolute Gasteiger partial charge is 0.216 e. The summed E-state index contributed by atoms with van der Waals surface area (Å²) in [6, 6.07) is 7.21. The van der Waals surface area contributed by atoms with Crippen molar-refractivity contribution in [3.8, 4) is 0 Å². The second-order valence-corrected chi connectivity index (χ2v) is 10.4. The Hall–Kier alpha value is -1.06. The van der Waals surface area contributed by atoms with Gasteiger partial charge >= 0.3 is 0 Å². The van der Waals surface area contributed by atoms with E-state index in [0.717, 1.165) is 56.9 Å². The fourth-order valence-electron chi connectivity index (χ4n) is 4.10. The molecular weight excluding hydrogens is 393 g/mol. The van der Waals surface area contributed by atoms with E-state index in [9.17, 15) is 12.8 Å². The standard InChI is InChI=1S/C21H34FN3O3S/c1-25(29(26,27)16-20-11-4-6-13-28-20)12-5-2-3-10-19-15-21(24-23-19)17-8-7-9-18(22)14-17/h7-9,14,19-21,23-24H,2-6,10-13,15-16H2,1H3. The van der Waals surface area contributed by atoms with E-state index in [1.165, 1.54) is 10.4 Å². The molecule has 3 rings (SSSR count). The maximum absolute atomic E-state index is 13.4. The molecule has 0 amide bonds. The molecule has 0 aliphatic carbocycles. The molecule has 1 aromatic carbocycles. The molecule has 2 saturated heterocycles. The molecule has 3 atom stereocenters. The molecule has 29 heavy (non-hydrogen) atoms. The molecule has 2 aliphatic heterocycles. The average molecular weight is 428 g/mol. The van der Waals surface area contributed by atoms with E-state index in [-0.39, 0.29) is 23.7 Å². The van der Waals surface area contributed by atoms with Crippen LogP contribution in [-0.4, -0.2) is 50.8 Å². The van der Waals surface area contributed by atoms with Crippen molar-refractivity contribution in [2.75, 3.05) is 26.0 Å². The van der Waals surface area contributed by atoms with Crippen molar-refractivity contribution in [1.82, 2.24) is 15.2 Å². The van der Waals surface area contributed by atoms with Gasteiger partial charge in [0.1, 0.15) is 5.82 Å². The van der Waals surface area contributed by atoms with Crippen molar-refractivity contribution in [2.45, 2.75) is 69.6 Å². The summed E-state index contributed by atoms with van der Waals surface area (Å²) in [7, 11) is -1.58. The quantitative estimate of drug-likeness (QED) is 0.562. The zero-order chi connectivity index (χ0) is 20.7. The third kappa shape index (κ3) is 7.00. The van der Waals surface area contributed by atoms with Crippen LogP contribution >= 0.6 is 0 Å².